The van der Waals surface area contributed by atoms with E-state index in [1.54, 1.807) is 21.3 Å². The summed E-state index contributed by atoms with van der Waals surface area (Å²) in [5.41, 5.74) is 2.62. The van der Waals surface area contributed by atoms with Crippen molar-refractivity contribution in [1.82, 2.24) is 9.55 Å². The highest BCUT2D eigenvalue weighted by molar-refractivity contribution is 7.71. The molecule has 0 aliphatic heterocycles. The Balaban J connectivity index is 2.10. The summed E-state index contributed by atoms with van der Waals surface area (Å²) in [6, 6.07) is 11.2. The molecule has 0 aliphatic rings. The van der Waals surface area contributed by atoms with E-state index in [-0.39, 0.29) is 0 Å². The van der Waals surface area contributed by atoms with E-state index in [0.717, 1.165) is 16.9 Å². The third kappa shape index (κ3) is 3.36. The maximum atomic E-state index is 5.95. The molecule has 3 rings (SSSR count). The summed E-state index contributed by atoms with van der Waals surface area (Å²) >= 11 is 11.4. The summed E-state index contributed by atoms with van der Waals surface area (Å²) in [5, 5.41) is 0.677. The van der Waals surface area contributed by atoms with Gasteiger partial charge in [-0.2, -0.15) is 0 Å². The second-order valence-electron chi connectivity index (χ2n) is 5.23. The van der Waals surface area contributed by atoms with Gasteiger partial charge in [0.15, 0.2) is 16.3 Å². The zero-order valence-corrected chi connectivity index (χ0v) is 15.6. The van der Waals surface area contributed by atoms with Crippen molar-refractivity contribution in [3.63, 3.8) is 0 Å². The molecule has 0 aliphatic carbocycles. The number of benzene rings is 2. The van der Waals surface area contributed by atoms with Gasteiger partial charge in [0.1, 0.15) is 0 Å². The molecule has 0 unspecified atom stereocenters. The number of H-pyrrole nitrogens is 1. The number of nitrogens with one attached hydrogen (secondary N) is 1. The van der Waals surface area contributed by atoms with E-state index < -0.39 is 0 Å². The summed E-state index contributed by atoms with van der Waals surface area (Å²) in [7, 11) is 4.74. The van der Waals surface area contributed by atoms with Crippen LogP contribution in [0.3, 0.4) is 0 Å². The van der Waals surface area contributed by atoms with Crippen LogP contribution < -0.4 is 14.2 Å². The first kappa shape index (κ1) is 17.4. The van der Waals surface area contributed by atoms with Crippen LogP contribution in [-0.4, -0.2) is 30.9 Å². The maximum absolute atomic E-state index is 5.95. The third-order valence-electron chi connectivity index (χ3n) is 3.80. The quantitative estimate of drug-likeness (QED) is 0.644. The number of imidazole rings is 1. The zero-order valence-electron chi connectivity index (χ0n) is 14.0. The molecule has 0 saturated heterocycles. The van der Waals surface area contributed by atoms with Crippen molar-refractivity contribution in [2.75, 3.05) is 21.3 Å². The van der Waals surface area contributed by atoms with Crippen LogP contribution in [-0.2, 0) is 0 Å². The zero-order chi connectivity index (χ0) is 18.0. The number of methoxy groups -OCH3 is 3. The van der Waals surface area contributed by atoms with Crippen LogP contribution in [0, 0.1) is 4.77 Å². The summed E-state index contributed by atoms with van der Waals surface area (Å²) < 4.78 is 18.6. The SMILES string of the molecule is COc1cc(-c2cn(-c3ccc(Cl)cc3)c(=S)[nH]2)cc(OC)c1OC. The predicted molar refractivity (Wildman–Crippen MR) is 101 cm³/mol. The highest BCUT2D eigenvalue weighted by Crippen LogP contribution is 2.41. The summed E-state index contributed by atoms with van der Waals surface area (Å²) in [6.07, 6.45) is 1.92. The normalized spacial score (nSPS) is 10.6. The van der Waals surface area contributed by atoms with Gasteiger partial charge in [-0.3, -0.25) is 4.57 Å². The summed E-state index contributed by atoms with van der Waals surface area (Å²) in [5.74, 6) is 1.70. The Morgan fingerprint density at radius 3 is 2.08 bits per heavy atom. The minimum atomic E-state index is 0.546. The fraction of sp³-hybridized carbons (Fsp3) is 0.167. The molecule has 130 valence electrons. The fourth-order valence-electron chi connectivity index (χ4n) is 2.57. The number of ether oxygens (including phenoxy) is 3. The number of rotatable bonds is 5. The van der Waals surface area contributed by atoms with E-state index in [1.165, 1.54) is 0 Å². The lowest BCUT2D eigenvalue weighted by Crippen LogP contribution is -1.95. The molecule has 0 atom stereocenters. The van der Waals surface area contributed by atoms with Crippen molar-refractivity contribution >= 4 is 23.8 Å². The number of nitrogens with zero attached hydrogens (tertiary/aromatic N) is 1. The second kappa shape index (κ2) is 7.21. The molecule has 0 fully saturated rings. The third-order valence-corrected chi connectivity index (χ3v) is 4.35. The Labute approximate surface area is 155 Å². The van der Waals surface area contributed by atoms with Gasteiger partial charge in [-0.05, 0) is 48.6 Å². The van der Waals surface area contributed by atoms with Gasteiger partial charge >= 0.3 is 0 Å². The van der Waals surface area contributed by atoms with Crippen LogP contribution >= 0.6 is 23.8 Å². The number of hydrogen-bond acceptors (Lipinski definition) is 4. The van der Waals surface area contributed by atoms with Crippen molar-refractivity contribution in [1.29, 1.82) is 0 Å². The molecule has 0 amide bonds. The monoisotopic (exact) mass is 376 g/mol. The number of aromatic amines is 1. The van der Waals surface area contributed by atoms with E-state index in [4.69, 9.17) is 38.0 Å². The molecule has 0 bridgehead atoms. The molecule has 0 saturated carbocycles. The first-order chi connectivity index (χ1) is 12.1. The molecule has 3 aromatic rings. The molecule has 5 nitrogen and oxygen atoms in total. The van der Waals surface area contributed by atoms with Gasteiger partial charge in [-0.1, -0.05) is 11.6 Å². The van der Waals surface area contributed by atoms with Crippen molar-refractivity contribution in [3.8, 4) is 34.2 Å². The Morgan fingerprint density at radius 2 is 1.56 bits per heavy atom. The van der Waals surface area contributed by atoms with Gasteiger partial charge < -0.3 is 19.2 Å². The lowest BCUT2D eigenvalue weighted by atomic mass is 10.1. The average Bonchev–Trinajstić information content (AvgIpc) is 3.02. The molecular weight excluding hydrogens is 360 g/mol. The Kier molecular flexibility index (Phi) is 5.01. The van der Waals surface area contributed by atoms with Gasteiger partial charge in [0.2, 0.25) is 5.75 Å². The fourth-order valence-corrected chi connectivity index (χ4v) is 2.97. The van der Waals surface area contributed by atoms with Crippen LogP contribution in [0.4, 0.5) is 0 Å². The van der Waals surface area contributed by atoms with Gasteiger partial charge in [-0.15, -0.1) is 0 Å². The van der Waals surface area contributed by atoms with Gasteiger partial charge in [0, 0.05) is 22.5 Å². The Hall–Kier alpha value is -2.44. The molecule has 1 heterocycles. The highest BCUT2D eigenvalue weighted by Gasteiger charge is 2.15. The summed E-state index contributed by atoms with van der Waals surface area (Å²) in [6.45, 7) is 0. The molecule has 25 heavy (non-hydrogen) atoms. The average molecular weight is 377 g/mol. The Morgan fingerprint density at radius 1 is 0.960 bits per heavy atom. The Bertz CT molecular complexity index is 923. The first-order valence-corrected chi connectivity index (χ1v) is 8.24. The smallest absolute Gasteiger partial charge is 0.203 e. The minimum absolute atomic E-state index is 0.546. The standard InChI is InChI=1S/C18H17ClN2O3S/c1-22-15-8-11(9-16(23-2)17(15)24-3)14-10-21(18(25)20-14)13-6-4-12(19)5-7-13/h4-10H,1-3H3,(H,20,25). The van der Waals surface area contributed by atoms with Crippen LogP contribution in [0.5, 0.6) is 17.2 Å². The molecule has 0 spiro atoms. The lowest BCUT2D eigenvalue weighted by molar-refractivity contribution is 0.324. The minimum Gasteiger partial charge on any atom is -0.493 e. The second-order valence-corrected chi connectivity index (χ2v) is 6.06. The highest BCUT2D eigenvalue weighted by atomic mass is 35.5. The van der Waals surface area contributed by atoms with E-state index >= 15 is 0 Å². The van der Waals surface area contributed by atoms with Crippen LogP contribution in [0.15, 0.2) is 42.6 Å². The van der Waals surface area contributed by atoms with E-state index in [0.29, 0.717) is 27.0 Å². The van der Waals surface area contributed by atoms with Crippen molar-refractivity contribution in [2.45, 2.75) is 0 Å². The van der Waals surface area contributed by atoms with Crippen molar-refractivity contribution in [2.24, 2.45) is 0 Å². The van der Waals surface area contributed by atoms with Crippen molar-refractivity contribution < 1.29 is 14.2 Å². The lowest BCUT2D eigenvalue weighted by Gasteiger charge is -2.13. The largest absolute Gasteiger partial charge is 0.493 e. The number of halogens is 1. The molecule has 1 aromatic heterocycles. The topological polar surface area (TPSA) is 48.4 Å². The van der Waals surface area contributed by atoms with Crippen LogP contribution in [0.2, 0.25) is 5.02 Å². The van der Waals surface area contributed by atoms with E-state index in [9.17, 15) is 0 Å². The van der Waals surface area contributed by atoms with Crippen molar-refractivity contribution in [3.05, 3.63) is 52.4 Å². The first-order valence-electron chi connectivity index (χ1n) is 7.45. The van der Waals surface area contributed by atoms with Gasteiger partial charge in [-0.25, -0.2) is 0 Å². The number of aromatic nitrogens is 2. The molecule has 2 aromatic carbocycles. The molecule has 0 radical (unpaired) electrons. The van der Waals surface area contributed by atoms with E-state index in [2.05, 4.69) is 4.98 Å². The summed E-state index contributed by atoms with van der Waals surface area (Å²) in [4.78, 5) is 3.21. The predicted octanol–water partition coefficient (Wildman–Crippen LogP) is 4.88. The number of hydrogen-bond donors (Lipinski definition) is 1. The van der Waals surface area contributed by atoms with Gasteiger partial charge in [0.05, 0.1) is 27.0 Å². The van der Waals surface area contributed by atoms with Crippen LogP contribution in [0.25, 0.3) is 16.9 Å². The van der Waals surface area contributed by atoms with Gasteiger partial charge in [0.25, 0.3) is 0 Å². The maximum Gasteiger partial charge on any atom is 0.203 e. The molecule has 7 heteroatoms. The molecule has 1 N–H and O–H groups in total. The van der Waals surface area contributed by atoms with E-state index in [1.807, 2.05) is 47.2 Å². The molecular formula is C18H17ClN2O3S. The van der Waals surface area contributed by atoms with Crippen LogP contribution in [0.1, 0.15) is 0 Å².